The molecule has 6 nitrogen and oxygen atoms in total. The molecular formula is C22H26N2O4. The molecule has 1 aliphatic rings. The highest BCUT2D eigenvalue weighted by Gasteiger charge is 2.31. The Balaban J connectivity index is 1.58. The zero-order chi connectivity index (χ0) is 19.9. The maximum atomic E-state index is 12.5. The number of amides is 2. The van der Waals surface area contributed by atoms with Crippen LogP contribution in [0.25, 0.3) is 0 Å². The van der Waals surface area contributed by atoms with Crippen LogP contribution in [0.2, 0.25) is 0 Å². The fourth-order valence-electron chi connectivity index (χ4n) is 3.32. The van der Waals surface area contributed by atoms with Crippen LogP contribution in [0.3, 0.4) is 0 Å². The van der Waals surface area contributed by atoms with Crippen molar-refractivity contribution in [3.8, 4) is 11.5 Å². The number of rotatable bonds is 8. The molecule has 6 heteroatoms. The molecule has 0 bridgehead atoms. The highest BCUT2D eigenvalue weighted by Crippen LogP contribution is 2.27. The summed E-state index contributed by atoms with van der Waals surface area (Å²) in [6, 6.07) is 14.7. The van der Waals surface area contributed by atoms with E-state index in [1.54, 1.807) is 17.0 Å². The van der Waals surface area contributed by atoms with Gasteiger partial charge in [-0.3, -0.25) is 9.59 Å². The van der Waals surface area contributed by atoms with Gasteiger partial charge in [0.05, 0.1) is 18.8 Å². The van der Waals surface area contributed by atoms with E-state index >= 15 is 0 Å². The molecule has 0 aliphatic carbocycles. The fraction of sp³-hybridized carbons (Fsp3) is 0.364. The summed E-state index contributed by atoms with van der Waals surface area (Å²) < 4.78 is 11.0. The summed E-state index contributed by atoms with van der Waals surface area (Å²) in [6.07, 6.45) is 0.417. The van der Waals surface area contributed by atoms with E-state index in [0.717, 1.165) is 11.4 Å². The summed E-state index contributed by atoms with van der Waals surface area (Å²) in [5, 5.41) is 2.94. The van der Waals surface area contributed by atoms with Crippen LogP contribution < -0.4 is 19.7 Å². The fourth-order valence-corrected chi connectivity index (χ4v) is 3.32. The molecule has 1 N–H and O–H groups in total. The number of carbonyl (C=O) groups excluding carboxylic acids is 2. The monoisotopic (exact) mass is 382 g/mol. The van der Waals surface area contributed by atoms with E-state index in [9.17, 15) is 9.59 Å². The van der Waals surface area contributed by atoms with E-state index < -0.39 is 0 Å². The van der Waals surface area contributed by atoms with Crippen molar-refractivity contribution in [2.24, 2.45) is 5.92 Å². The van der Waals surface area contributed by atoms with Gasteiger partial charge in [0.15, 0.2) is 0 Å². The van der Waals surface area contributed by atoms with Crippen molar-refractivity contribution in [2.75, 3.05) is 31.2 Å². The first-order valence-corrected chi connectivity index (χ1v) is 9.65. The van der Waals surface area contributed by atoms with Gasteiger partial charge in [0, 0.05) is 31.1 Å². The zero-order valence-corrected chi connectivity index (χ0v) is 16.3. The molecular weight excluding hydrogens is 356 g/mol. The third kappa shape index (κ3) is 4.63. The molecule has 1 heterocycles. The maximum Gasteiger partial charge on any atom is 0.255 e. The largest absolute Gasteiger partial charge is 0.494 e. The minimum atomic E-state index is -0.184. The predicted molar refractivity (Wildman–Crippen MR) is 108 cm³/mol. The van der Waals surface area contributed by atoms with Gasteiger partial charge in [-0.25, -0.2) is 0 Å². The van der Waals surface area contributed by atoms with Gasteiger partial charge in [0.25, 0.3) is 5.91 Å². The number of hydrogen-bond donors (Lipinski definition) is 1. The Morgan fingerprint density at radius 1 is 1.07 bits per heavy atom. The van der Waals surface area contributed by atoms with Crippen molar-refractivity contribution in [1.82, 2.24) is 5.32 Å². The summed E-state index contributed by atoms with van der Waals surface area (Å²) in [6.45, 7) is 5.95. The van der Waals surface area contributed by atoms with Gasteiger partial charge in [-0.15, -0.1) is 0 Å². The summed E-state index contributed by atoms with van der Waals surface area (Å²) in [5.41, 5.74) is 1.36. The van der Waals surface area contributed by atoms with Crippen molar-refractivity contribution in [1.29, 1.82) is 0 Å². The molecule has 0 saturated carbocycles. The Hall–Kier alpha value is -3.02. The van der Waals surface area contributed by atoms with Crippen LogP contribution in [0, 0.1) is 5.92 Å². The van der Waals surface area contributed by atoms with Gasteiger partial charge in [0.1, 0.15) is 11.5 Å². The van der Waals surface area contributed by atoms with E-state index in [1.165, 1.54) is 0 Å². The molecule has 28 heavy (non-hydrogen) atoms. The highest BCUT2D eigenvalue weighted by molar-refractivity contribution is 5.97. The molecule has 0 spiro atoms. The molecule has 0 aromatic heterocycles. The van der Waals surface area contributed by atoms with Crippen LogP contribution in [0.5, 0.6) is 11.5 Å². The second kappa shape index (κ2) is 9.26. The number of ether oxygens (including phenoxy) is 2. The number of carbonyl (C=O) groups is 2. The van der Waals surface area contributed by atoms with Gasteiger partial charge in [-0.2, -0.15) is 0 Å². The van der Waals surface area contributed by atoms with Crippen LogP contribution in [0.15, 0.2) is 48.5 Å². The molecule has 0 radical (unpaired) electrons. The van der Waals surface area contributed by atoms with Crippen LogP contribution >= 0.6 is 0 Å². The molecule has 1 saturated heterocycles. The third-order valence-electron chi connectivity index (χ3n) is 4.65. The second-order valence-electron chi connectivity index (χ2n) is 6.64. The van der Waals surface area contributed by atoms with Gasteiger partial charge >= 0.3 is 0 Å². The summed E-state index contributed by atoms with van der Waals surface area (Å²) in [5.74, 6) is 1.31. The lowest BCUT2D eigenvalue weighted by molar-refractivity contribution is -0.117. The number of nitrogens with zero attached hydrogens (tertiary/aromatic N) is 1. The van der Waals surface area contributed by atoms with Crippen molar-refractivity contribution in [3.05, 3.63) is 54.1 Å². The van der Waals surface area contributed by atoms with Crippen molar-refractivity contribution in [3.63, 3.8) is 0 Å². The van der Waals surface area contributed by atoms with Gasteiger partial charge in [-0.05, 0) is 50.2 Å². The Bertz CT molecular complexity index is 820. The van der Waals surface area contributed by atoms with Gasteiger partial charge < -0.3 is 19.7 Å². The highest BCUT2D eigenvalue weighted by atomic mass is 16.5. The zero-order valence-electron chi connectivity index (χ0n) is 16.3. The van der Waals surface area contributed by atoms with E-state index in [0.29, 0.717) is 44.0 Å². The predicted octanol–water partition coefficient (Wildman–Crippen LogP) is 3.27. The molecule has 2 aromatic carbocycles. The molecule has 1 fully saturated rings. The van der Waals surface area contributed by atoms with Crippen LogP contribution in [-0.4, -0.2) is 38.1 Å². The Kier molecular flexibility index (Phi) is 6.53. The van der Waals surface area contributed by atoms with Crippen molar-refractivity contribution in [2.45, 2.75) is 20.3 Å². The standard InChI is InChI=1S/C22H26N2O4/c1-3-27-18-11-9-17(10-12-18)24-15-16(13-21(24)25)14-23-22(26)19-7-5-6-8-20(19)28-4-2/h5-12,16H,3-4,13-15H2,1-2H3,(H,23,26). The first-order valence-electron chi connectivity index (χ1n) is 9.65. The number of hydrogen-bond acceptors (Lipinski definition) is 4. The number of benzene rings is 2. The molecule has 2 amide bonds. The SMILES string of the molecule is CCOc1ccc(N2CC(CNC(=O)c3ccccc3OCC)CC2=O)cc1. The van der Waals surface area contributed by atoms with Crippen LogP contribution in [0.4, 0.5) is 5.69 Å². The molecule has 2 aromatic rings. The van der Waals surface area contributed by atoms with E-state index in [-0.39, 0.29) is 17.7 Å². The topological polar surface area (TPSA) is 67.9 Å². The van der Waals surface area contributed by atoms with E-state index in [2.05, 4.69) is 5.32 Å². The Morgan fingerprint density at radius 2 is 1.79 bits per heavy atom. The lowest BCUT2D eigenvalue weighted by Gasteiger charge is -2.17. The summed E-state index contributed by atoms with van der Waals surface area (Å²) >= 11 is 0. The molecule has 148 valence electrons. The lowest BCUT2D eigenvalue weighted by Crippen LogP contribution is -2.31. The second-order valence-corrected chi connectivity index (χ2v) is 6.64. The lowest BCUT2D eigenvalue weighted by atomic mass is 10.1. The van der Waals surface area contributed by atoms with E-state index in [1.807, 2.05) is 50.2 Å². The molecule has 3 rings (SSSR count). The minimum absolute atomic E-state index is 0.0677. The smallest absolute Gasteiger partial charge is 0.255 e. The summed E-state index contributed by atoms with van der Waals surface area (Å²) in [7, 11) is 0. The number of anilines is 1. The van der Waals surface area contributed by atoms with Gasteiger partial charge in [0.2, 0.25) is 5.91 Å². The maximum absolute atomic E-state index is 12.5. The molecule has 1 atom stereocenters. The average molecular weight is 382 g/mol. The molecule has 1 unspecified atom stereocenters. The molecule has 1 aliphatic heterocycles. The Labute approximate surface area is 165 Å². The average Bonchev–Trinajstić information content (AvgIpc) is 3.08. The minimum Gasteiger partial charge on any atom is -0.494 e. The van der Waals surface area contributed by atoms with Crippen LogP contribution in [-0.2, 0) is 4.79 Å². The van der Waals surface area contributed by atoms with Crippen LogP contribution in [0.1, 0.15) is 30.6 Å². The number of nitrogens with one attached hydrogen (secondary N) is 1. The normalized spacial score (nSPS) is 16.1. The quantitative estimate of drug-likeness (QED) is 0.761. The van der Waals surface area contributed by atoms with Gasteiger partial charge in [-0.1, -0.05) is 12.1 Å². The van der Waals surface area contributed by atoms with Crippen molar-refractivity contribution < 1.29 is 19.1 Å². The first kappa shape index (κ1) is 19.7. The summed E-state index contributed by atoms with van der Waals surface area (Å²) in [4.78, 5) is 26.7. The number of para-hydroxylation sites is 1. The Morgan fingerprint density at radius 3 is 2.50 bits per heavy atom. The first-order chi connectivity index (χ1) is 13.6. The van der Waals surface area contributed by atoms with E-state index in [4.69, 9.17) is 9.47 Å². The third-order valence-corrected chi connectivity index (χ3v) is 4.65. The van der Waals surface area contributed by atoms with Crippen molar-refractivity contribution >= 4 is 17.5 Å².